The molecule has 9 heteroatoms. The summed E-state index contributed by atoms with van der Waals surface area (Å²) < 4.78 is 13.0. The molecule has 1 aromatic carbocycles. The molecule has 1 aliphatic rings. The van der Waals surface area contributed by atoms with Crippen LogP contribution in [0.25, 0.3) is 0 Å². The predicted molar refractivity (Wildman–Crippen MR) is 98.3 cm³/mol. The highest BCUT2D eigenvalue weighted by Gasteiger charge is 2.33. The first kappa shape index (κ1) is 16.8. The van der Waals surface area contributed by atoms with E-state index < -0.39 is 5.82 Å². The topological polar surface area (TPSA) is 84.0 Å². The minimum Gasteiger partial charge on any atom is -0.301 e. The van der Waals surface area contributed by atoms with Crippen LogP contribution >= 0.6 is 22.7 Å². The normalized spacial score (nSPS) is 15.5. The molecule has 0 spiro atoms. The molecule has 26 heavy (non-hydrogen) atoms. The molecule has 0 radical (unpaired) electrons. The Balaban J connectivity index is 1.47. The molecule has 2 amide bonds. The Morgan fingerprint density at radius 3 is 2.69 bits per heavy atom. The molecule has 1 unspecified atom stereocenters. The van der Waals surface area contributed by atoms with Gasteiger partial charge >= 0.3 is 0 Å². The summed E-state index contributed by atoms with van der Waals surface area (Å²) in [5.41, 5.74) is 1.05. The largest absolute Gasteiger partial charge is 0.301 e. The highest BCUT2D eigenvalue weighted by atomic mass is 32.1. The van der Waals surface area contributed by atoms with Crippen LogP contribution in [-0.4, -0.2) is 21.8 Å². The van der Waals surface area contributed by atoms with Crippen molar-refractivity contribution in [1.29, 1.82) is 0 Å². The Morgan fingerprint density at radius 2 is 1.96 bits per heavy atom. The molecule has 0 saturated heterocycles. The molecule has 0 fully saturated rings. The molecule has 2 N–H and O–H groups in total. The smallest absolute Gasteiger partial charge is 0.257 e. The Morgan fingerprint density at radius 1 is 1.15 bits per heavy atom. The molecule has 2 aromatic heterocycles. The maximum Gasteiger partial charge on any atom is 0.257 e. The minimum atomic E-state index is -0.399. The molecule has 1 atom stereocenters. The van der Waals surface area contributed by atoms with Crippen LogP contribution in [0, 0.1) is 5.82 Å². The number of hydrogen-bond acceptors (Lipinski definition) is 6. The average molecular weight is 388 g/mol. The molecule has 0 aliphatic heterocycles. The lowest BCUT2D eigenvalue weighted by Crippen LogP contribution is -2.20. The van der Waals surface area contributed by atoms with Crippen molar-refractivity contribution in [3.63, 3.8) is 0 Å². The number of aromatic nitrogens is 2. The highest BCUT2D eigenvalue weighted by Crippen LogP contribution is 2.39. The monoisotopic (exact) mass is 388 g/mol. The lowest BCUT2D eigenvalue weighted by atomic mass is 10.1. The molecule has 3 aromatic rings. The van der Waals surface area contributed by atoms with Crippen molar-refractivity contribution in [2.45, 2.75) is 18.8 Å². The van der Waals surface area contributed by atoms with Gasteiger partial charge in [-0.15, -0.1) is 22.7 Å². The standard InChI is InChI=1S/C17H13FN4O2S2/c18-10-3-1-9(2-4-10)14(23)21-17-20-13-11(5-6-12(13)26-17)15(24)22-16-19-7-8-25-16/h1-4,7-8,11H,5-6H2,(H,19,22,24)(H,20,21,23). The number of nitrogens with zero attached hydrogens (tertiary/aromatic N) is 2. The molecule has 6 nitrogen and oxygen atoms in total. The van der Waals surface area contributed by atoms with E-state index in [1.807, 2.05) is 0 Å². The van der Waals surface area contributed by atoms with Crippen molar-refractivity contribution in [3.8, 4) is 0 Å². The number of amides is 2. The molecule has 132 valence electrons. The zero-order chi connectivity index (χ0) is 18.1. The Hall–Kier alpha value is -2.65. The van der Waals surface area contributed by atoms with E-state index in [0.717, 1.165) is 11.3 Å². The van der Waals surface area contributed by atoms with Crippen molar-refractivity contribution in [2.24, 2.45) is 0 Å². The van der Waals surface area contributed by atoms with E-state index in [9.17, 15) is 14.0 Å². The highest BCUT2D eigenvalue weighted by molar-refractivity contribution is 7.16. The number of carbonyl (C=O) groups excluding carboxylic acids is 2. The fourth-order valence-corrected chi connectivity index (χ4v) is 4.35. The zero-order valence-corrected chi connectivity index (χ0v) is 15.0. The zero-order valence-electron chi connectivity index (χ0n) is 13.4. The van der Waals surface area contributed by atoms with Gasteiger partial charge in [-0.1, -0.05) is 0 Å². The van der Waals surface area contributed by atoms with E-state index in [0.29, 0.717) is 27.9 Å². The molecule has 0 saturated carbocycles. The second-order valence-corrected chi connectivity index (χ2v) is 7.68. The summed E-state index contributed by atoms with van der Waals surface area (Å²) in [6.45, 7) is 0. The third-order valence-electron chi connectivity index (χ3n) is 4.02. The van der Waals surface area contributed by atoms with Crippen LogP contribution < -0.4 is 10.6 Å². The third-order valence-corrected chi connectivity index (χ3v) is 5.76. The fraction of sp³-hybridized carbons (Fsp3) is 0.176. The summed E-state index contributed by atoms with van der Waals surface area (Å²) in [5, 5.41) is 8.31. The van der Waals surface area contributed by atoms with E-state index in [1.54, 1.807) is 11.6 Å². The molecule has 2 heterocycles. The van der Waals surface area contributed by atoms with E-state index in [2.05, 4.69) is 20.6 Å². The Kier molecular flexibility index (Phi) is 4.48. The first-order valence-electron chi connectivity index (χ1n) is 7.87. The van der Waals surface area contributed by atoms with Gasteiger partial charge in [0.15, 0.2) is 10.3 Å². The van der Waals surface area contributed by atoms with Gasteiger partial charge in [0.25, 0.3) is 5.91 Å². The van der Waals surface area contributed by atoms with Gasteiger partial charge in [-0.05, 0) is 37.1 Å². The number of rotatable bonds is 4. The van der Waals surface area contributed by atoms with Gasteiger partial charge in [0.1, 0.15) is 5.82 Å². The second-order valence-electron chi connectivity index (χ2n) is 5.71. The number of halogens is 1. The second kappa shape index (κ2) is 6.93. The van der Waals surface area contributed by atoms with Crippen LogP contribution in [-0.2, 0) is 11.2 Å². The van der Waals surface area contributed by atoms with Crippen molar-refractivity contribution < 1.29 is 14.0 Å². The van der Waals surface area contributed by atoms with Gasteiger partial charge < -0.3 is 5.32 Å². The van der Waals surface area contributed by atoms with Crippen molar-refractivity contribution in [1.82, 2.24) is 9.97 Å². The summed E-state index contributed by atoms with van der Waals surface area (Å²) in [5.74, 6) is -1.24. The number of fused-ring (bicyclic) bond motifs is 1. The van der Waals surface area contributed by atoms with Gasteiger partial charge in [-0.25, -0.2) is 14.4 Å². The van der Waals surface area contributed by atoms with Crippen LogP contribution in [0.3, 0.4) is 0 Å². The SMILES string of the molecule is O=C(Nc1nc2c(s1)CCC2C(=O)Nc1nccs1)c1ccc(F)cc1. The van der Waals surface area contributed by atoms with Crippen molar-refractivity contribution >= 4 is 44.8 Å². The molecule has 1 aliphatic carbocycles. The maximum atomic E-state index is 13.0. The summed E-state index contributed by atoms with van der Waals surface area (Å²) >= 11 is 2.73. The Bertz CT molecular complexity index is 954. The van der Waals surface area contributed by atoms with Crippen LogP contribution in [0.4, 0.5) is 14.7 Å². The van der Waals surface area contributed by atoms with E-state index >= 15 is 0 Å². The maximum absolute atomic E-state index is 13.0. The fourth-order valence-electron chi connectivity index (χ4n) is 2.78. The lowest BCUT2D eigenvalue weighted by Gasteiger charge is -2.08. The summed E-state index contributed by atoms with van der Waals surface area (Å²) in [7, 11) is 0. The molecule has 4 rings (SSSR count). The number of anilines is 2. The molecule has 0 bridgehead atoms. The van der Waals surface area contributed by atoms with Crippen LogP contribution in [0.15, 0.2) is 35.8 Å². The lowest BCUT2D eigenvalue weighted by molar-refractivity contribution is -0.117. The van der Waals surface area contributed by atoms with E-state index in [1.165, 1.54) is 46.9 Å². The predicted octanol–water partition coefficient (Wildman–Crippen LogP) is 3.66. The van der Waals surface area contributed by atoms with Gasteiger partial charge in [-0.3, -0.25) is 14.9 Å². The number of aryl methyl sites for hydroxylation is 1. The summed E-state index contributed by atoms with van der Waals surface area (Å²) in [6, 6.07) is 5.29. The minimum absolute atomic E-state index is 0.139. The van der Waals surface area contributed by atoms with E-state index in [4.69, 9.17) is 0 Å². The molecular formula is C17H13FN4O2S2. The quantitative estimate of drug-likeness (QED) is 0.714. The third kappa shape index (κ3) is 3.35. The number of nitrogens with one attached hydrogen (secondary N) is 2. The summed E-state index contributed by atoms with van der Waals surface area (Å²) in [6.07, 6.45) is 3.07. The first-order valence-corrected chi connectivity index (χ1v) is 9.56. The number of benzene rings is 1. The van der Waals surface area contributed by atoms with Gasteiger partial charge in [-0.2, -0.15) is 0 Å². The van der Waals surface area contributed by atoms with Gasteiger partial charge in [0.2, 0.25) is 5.91 Å². The van der Waals surface area contributed by atoms with Crippen molar-refractivity contribution in [2.75, 3.05) is 10.6 Å². The van der Waals surface area contributed by atoms with Crippen LogP contribution in [0.1, 0.15) is 33.3 Å². The van der Waals surface area contributed by atoms with Crippen LogP contribution in [0.2, 0.25) is 0 Å². The van der Waals surface area contributed by atoms with Crippen LogP contribution in [0.5, 0.6) is 0 Å². The average Bonchev–Trinajstić information content (AvgIpc) is 3.32. The number of carbonyl (C=O) groups is 2. The summed E-state index contributed by atoms with van der Waals surface area (Å²) in [4.78, 5) is 34.2. The van der Waals surface area contributed by atoms with Gasteiger partial charge in [0, 0.05) is 22.0 Å². The number of hydrogen-bond donors (Lipinski definition) is 2. The van der Waals surface area contributed by atoms with Crippen molar-refractivity contribution in [3.05, 3.63) is 57.8 Å². The van der Waals surface area contributed by atoms with E-state index in [-0.39, 0.29) is 17.7 Å². The molecular weight excluding hydrogens is 375 g/mol. The number of thiazole rings is 2. The Labute approximate surface area is 156 Å². The van der Waals surface area contributed by atoms with Gasteiger partial charge in [0.05, 0.1) is 11.6 Å². The first-order chi connectivity index (χ1) is 12.6.